The van der Waals surface area contributed by atoms with Gasteiger partial charge in [-0.2, -0.15) is 0 Å². The molecule has 0 fully saturated rings. The van der Waals surface area contributed by atoms with Crippen molar-refractivity contribution >= 4 is 10.9 Å². The van der Waals surface area contributed by atoms with Gasteiger partial charge < -0.3 is 5.11 Å². The largest absolute Gasteiger partial charge is 0.396 e. The SMILES string of the molecule is O=c1c2ccc(C#Cc3cccc(F)c3)cc2nc2n1CCC(CO)CC2. The lowest BCUT2D eigenvalue weighted by atomic mass is 10.0. The minimum atomic E-state index is -0.320. The summed E-state index contributed by atoms with van der Waals surface area (Å²) >= 11 is 0. The number of hydrogen-bond acceptors (Lipinski definition) is 3. The Bertz CT molecular complexity index is 1120. The summed E-state index contributed by atoms with van der Waals surface area (Å²) < 4.78 is 15.0. The summed E-state index contributed by atoms with van der Waals surface area (Å²) in [6.07, 6.45) is 2.29. The van der Waals surface area contributed by atoms with Gasteiger partial charge in [-0.3, -0.25) is 9.36 Å². The fraction of sp³-hybridized carbons (Fsp3) is 0.273. The molecule has 2 heterocycles. The van der Waals surface area contributed by atoms with Crippen LogP contribution in [0.15, 0.2) is 47.3 Å². The van der Waals surface area contributed by atoms with E-state index in [-0.39, 0.29) is 23.9 Å². The Morgan fingerprint density at radius 1 is 1.15 bits per heavy atom. The molecule has 5 heteroatoms. The van der Waals surface area contributed by atoms with E-state index >= 15 is 0 Å². The molecule has 1 atom stereocenters. The van der Waals surface area contributed by atoms with Crippen LogP contribution in [0.1, 0.15) is 29.8 Å². The highest BCUT2D eigenvalue weighted by molar-refractivity contribution is 5.79. The van der Waals surface area contributed by atoms with Gasteiger partial charge in [-0.05, 0) is 55.2 Å². The molecule has 0 aliphatic carbocycles. The summed E-state index contributed by atoms with van der Waals surface area (Å²) in [6, 6.07) is 11.5. The third-order valence-corrected chi connectivity index (χ3v) is 5.01. The molecule has 0 spiro atoms. The van der Waals surface area contributed by atoms with Gasteiger partial charge in [-0.25, -0.2) is 9.37 Å². The van der Waals surface area contributed by atoms with Crippen molar-refractivity contribution in [1.29, 1.82) is 0 Å². The third kappa shape index (κ3) is 3.62. The Morgan fingerprint density at radius 2 is 1.96 bits per heavy atom. The number of benzene rings is 2. The van der Waals surface area contributed by atoms with Crippen molar-refractivity contribution < 1.29 is 9.50 Å². The van der Waals surface area contributed by atoms with Crippen molar-refractivity contribution in [2.45, 2.75) is 25.8 Å². The van der Waals surface area contributed by atoms with Crippen LogP contribution in [-0.2, 0) is 13.0 Å². The Morgan fingerprint density at radius 3 is 2.74 bits per heavy atom. The molecule has 0 radical (unpaired) electrons. The van der Waals surface area contributed by atoms with Gasteiger partial charge in [0.15, 0.2) is 0 Å². The normalized spacial score (nSPS) is 16.3. The van der Waals surface area contributed by atoms with Crippen molar-refractivity contribution in [3.63, 3.8) is 0 Å². The van der Waals surface area contributed by atoms with Crippen LogP contribution in [0.2, 0.25) is 0 Å². The Hall–Kier alpha value is -2.97. The molecule has 0 saturated heterocycles. The standard InChI is InChI=1S/C22H19FN2O2/c23-18-3-1-2-15(12-18)4-5-16-6-8-19-20(13-16)24-21-9-7-17(14-26)10-11-25(21)22(19)27/h1-3,6,8,12-13,17,26H,7,9-11,14H2. The smallest absolute Gasteiger partial charge is 0.261 e. The zero-order chi connectivity index (χ0) is 18.8. The first-order valence-electron chi connectivity index (χ1n) is 9.06. The summed E-state index contributed by atoms with van der Waals surface area (Å²) in [7, 11) is 0. The van der Waals surface area contributed by atoms with Crippen LogP contribution in [0.5, 0.6) is 0 Å². The van der Waals surface area contributed by atoms with Crippen LogP contribution in [0.25, 0.3) is 10.9 Å². The first-order valence-corrected chi connectivity index (χ1v) is 9.06. The monoisotopic (exact) mass is 362 g/mol. The van der Waals surface area contributed by atoms with E-state index < -0.39 is 0 Å². The molecule has 136 valence electrons. The summed E-state index contributed by atoms with van der Waals surface area (Å²) in [4.78, 5) is 17.5. The first kappa shape index (κ1) is 17.4. The maximum absolute atomic E-state index is 13.3. The quantitative estimate of drug-likeness (QED) is 0.678. The number of aromatic nitrogens is 2. The number of aliphatic hydroxyl groups excluding tert-OH is 1. The molecule has 2 aromatic carbocycles. The average molecular weight is 362 g/mol. The highest BCUT2D eigenvalue weighted by atomic mass is 19.1. The van der Waals surface area contributed by atoms with E-state index in [1.165, 1.54) is 12.1 Å². The molecular formula is C22H19FN2O2. The van der Waals surface area contributed by atoms with E-state index in [2.05, 4.69) is 16.8 Å². The van der Waals surface area contributed by atoms with Gasteiger partial charge in [-0.1, -0.05) is 17.9 Å². The second-order valence-electron chi connectivity index (χ2n) is 6.85. The van der Waals surface area contributed by atoms with Gasteiger partial charge in [0.05, 0.1) is 10.9 Å². The lowest BCUT2D eigenvalue weighted by Crippen LogP contribution is -2.24. The molecule has 3 aromatic rings. The Labute approximate surface area is 156 Å². The van der Waals surface area contributed by atoms with Gasteiger partial charge in [0.2, 0.25) is 0 Å². The molecule has 1 aliphatic heterocycles. The van der Waals surface area contributed by atoms with E-state index in [1.54, 1.807) is 34.9 Å². The maximum Gasteiger partial charge on any atom is 0.261 e. The third-order valence-electron chi connectivity index (χ3n) is 5.01. The summed E-state index contributed by atoms with van der Waals surface area (Å²) in [5.74, 6) is 6.60. The fourth-order valence-electron chi connectivity index (χ4n) is 3.45. The molecule has 1 unspecified atom stereocenters. The molecule has 1 aliphatic rings. The van der Waals surface area contributed by atoms with Crippen LogP contribution in [-0.4, -0.2) is 21.3 Å². The molecule has 27 heavy (non-hydrogen) atoms. The second kappa shape index (κ2) is 7.34. The van der Waals surface area contributed by atoms with Crippen LogP contribution < -0.4 is 5.56 Å². The second-order valence-corrected chi connectivity index (χ2v) is 6.85. The number of nitrogens with zero attached hydrogens (tertiary/aromatic N) is 2. The predicted molar refractivity (Wildman–Crippen MR) is 102 cm³/mol. The van der Waals surface area contributed by atoms with Crippen molar-refractivity contribution in [2.75, 3.05) is 6.61 Å². The van der Waals surface area contributed by atoms with E-state index in [0.29, 0.717) is 29.4 Å². The highest BCUT2D eigenvalue weighted by Gasteiger charge is 2.18. The number of aryl methyl sites for hydroxylation is 1. The lowest BCUT2D eigenvalue weighted by molar-refractivity contribution is 0.211. The van der Waals surface area contributed by atoms with Crippen molar-refractivity contribution in [3.8, 4) is 11.8 Å². The Kier molecular flexibility index (Phi) is 4.74. The minimum absolute atomic E-state index is 0.0433. The van der Waals surface area contributed by atoms with Crippen LogP contribution in [0.3, 0.4) is 0 Å². The van der Waals surface area contributed by atoms with Crippen molar-refractivity contribution in [2.24, 2.45) is 5.92 Å². The van der Waals surface area contributed by atoms with Gasteiger partial charge in [0, 0.05) is 30.7 Å². The van der Waals surface area contributed by atoms with Gasteiger partial charge >= 0.3 is 0 Å². The van der Waals surface area contributed by atoms with Crippen LogP contribution in [0, 0.1) is 23.6 Å². The maximum atomic E-state index is 13.3. The van der Waals surface area contributed by atoms with Gasteiger partial charge in [0.1, 0.15) is 11.6 Å². The lowest BCUT2D eigenvalue weighted by Gasteiger charge is -2.10. The van der Waals surface area contributed by atoms with E-state index in [1.807, 2.05) is 0 Å². The number of fused-ring (bicyclic) bond motifs is 2. The van der Waals surface area contributed by atoms with E-state index in [9.17, 15) is 14.3 Å². The number of halogens is 1. The fourth-order valence-corrected chi connectivity index (χ4v) is 3.45. The summed E-state index contributed by atoms with van der Waals surface area (Å²) in [6.45, 7) is 0.728. The van der Waals surface area contributed by atoms with Gasteiger partial charge in [-0.15, -0.1) is 0 Å². The predicted octanol–water partition coefficient (Wildman–Crippen LogP) is 2.88. The van der Waals surface area contributed by atoms with E-state index in [4.69, 9.17) is 0 Å². The molecule has 0 saturated carbocycles. The van der Waals surface area contributed by atoms with Crippen molar-refractivity contribution in [3.05, 3.63) is 75.6 Å². The summed E-state index contributed by atoms with van der Waals surface area (Å²) in [5.41, 5.74) is 1.91. The number of rotatable bonds is 1. The number of hydrogen-bond donors (Lipinski definition) is 1. The minimum Gasteiger partial charge on any atom is -0.396 e. The molecular weight excluding hydrogens is 343 g/mol. The Balaban J connectivity index is 1.73. The molecule has 4 nitrogen and oxygen atoms in total. The highest BCUT2D eigenvalue weighted by Crippen LogP contribution is 2.19. The van der Waals surface area contributed by atoms with Crippen LogP contribution in [0.4, 0.5) is 4.39 Å². The van der Waals surface area contributed by atoms with Crippen molar-refractivity contribution in [1.82, 2.24) is 9.55 Å². The zero-order valence-corrected chi connectivity index (χ0v) is 14.8. The van der Waals surface area contributed by atoms with Gasteiger partial charge in [0.25, 0.3) is 5.56 Å². The molecule has 0 bridgehead atoms. The first-order chi connectivity index (χ1) is 13.1. The topological polar surface area (TPSA) is 55.1 Å². The average Bonchev–Trinajstić information content (AvgIpc) is 2.89. The van der Waals surface area contributed by atoms with E-state index in [0.717, 1.165) is 24.2 Å². The summed E-state index contributed by atoms with van der Waals surface area (Å²) in [5, 5.41) is 9.98. The molecule has 1 aromatic heterocycles. The molecule has 4 rings (SSSR count). The molecule has 0 amide bonds. The van der Waals surface area contributed by atoms with Crippen LogP contribution >= 0.6 is 0 Å². The number of aliphatic hydroxyl groups is 1. The zero-order valence-electron chi connectivity index (χ0n) is 14.8. The molecule has 1 N–H and O–H groups in total.